The Hall–Kier alpha value is -1.41. The second-order valence-electron chi connectivity index (χ2n) is 4.24. The molecule has 0 heterocycles. The monoisotopic (exact) mass is 257 g/mol. The molecular formula is C16H19NS. The topological polar surface area (TPSA) is 12.0 Å². The molecule has 2 aromatic rings. The number of hydrogen-bond donors (Lipinski definition) is 1. The van der Waals surface area contributed by atoms with Crippen molar-refractivity contribution in [3.63, 3.8) is 0 Å². The largest absolute Gasteiger partial charge is 0.385 e. The van der Waals surface area contributed by atoms with Gasteiger partial charge in [-0.15, -0.1) is 11.8 Å². The third-order valence-electron chi connectivity index (χ3n) is 2.90. The Morgan fingerprint density at radius 3 is 2.33 bits per heavy atom. The lowest BCUT2D eigenvalue weighted by molar-refractivity contribution is 0.863. The SMILES string of the molecule is CSc1ccc(NCCCc2ccccc2)cc1. The van der Waals surface area contributed by atoms with E-state index in [-0.39, 0.29) is 0 Å². The van der Waals surface area contributed by atoms with E-state index in [1.54, 1.807) is 11.8 Å². The molecule has 0 aromatic heterocycles. The molecule has 18 heavy (non-hydrogen) atoms. The zero-order chi connectivity index (χ0) is 12.6. The third kappa shape index (κ3) is 4.11. The highest BCUT2D eigenvalue weighted by molar-refractivity contribution is 7.98. The van der Waals surface area contributed by atoms with Gasteiger partial charge in [0, 0.05) is 17.1 Å². The van der Waals surface area contributed by atoms with Gasteiger partial charge >= 0.3 is 0 Å². The van der Waals surface area contributed by atoms with Gasteiger partial charge in [0.15, 0.2) is 0 Å². The highest BCUT2D eigenvalue weighted by Crippen LogP contribution is 2.17. The predicted molar refractivity (Wildman–Crippen MR) is 81.5 cm³/mol. The summed E-state index contributed by atoms with van der Waals surface area (Å²) in [6.45, 7) is 1.02. The van der Waals surface area contributed by atoms with Crippen LogP contribution < -0.4 is 5.32 Å². The van der Waals surface area contributed by atoms with Crippen molar-refractivity contribution in [3.05, 3.63) is 60.2 Å². The van der Waals surface area contributed by atoms with E-state index in [4.69, 9.17) is 0 Å². The standard InChI is InChI=1S/C16H19NS/c1-18-16-11-9-15(10-12-16)17-13-5-8-14-6-3-2-4-7-14/h2-4,6-7,9-12,17H,5,8,13H2,1H3. The van der Waals surface area contributed by atoms with Crippen molar-refractivity contribution in [3.8, 4) is 0 Å². The van der Waals surface area contributed by atoms with Gasteiger partial charge in [0.2, 0.25) is 0 Å². The van der Waals surface area contributed by atoms with Crippen LogP contribution in [-0.4, -0.2) is 12.8 Å². The van der Waals surface area contributed by atoms with Crippen LogP contribution in [0.2, 0.25) is 0 Å². The minimum absolute atomic E-state index is 1.02. The Balaban J connectivity index is 1.72. The molecule has 0 atom stereocenters. The summed E-state index contributed by atoms with van der Waals surface area (Å²) in [5.74, 6) is 0. The molecule has 0 aliphatic heterocycles. The fourth-order valence-corrected chi connectivity index (χ4v) is 2.29. The number of aryl methyl sites for hydroxylation is 1. The van der Waals surface area contributed by atoms with Crippen molar-refractivity contribution in [2.45, 2.75) is 17.7 Å². The van der Waals surface area contributed by atoms with E-state index in [9.17, 15) is 0 Å². The molecule has 1 nitrogen and oxygen atoms in total. The fraction of sp³-hybridized carbons (Fsp3) is 0.250. The van der Waals surface area contributed by atoms with E-state index in [2.05, 4.69) is 66.2 Å². The quantitative estimate of drug-likeness (QED) is 0.606. The predicted octanol–water partition coefficient (Wildman–Crippen LogP) is 4.45. The molecule has 0 spiro atoms. The lowest BCUT2D eigenvalue weighted by Crippen LogP contribution is -2.02. The van der Waals surface area contributed by atoms with Gasteiger partial charge in [0.05, 0.1) is 0 Å². The van der Waals surface area contributed by atoms with Gasteiger partial charge in [0.25, 0.3) is 0 Å². The third-order valence-corrected chi connectivity index (χ3v) is 3.65. The molecule has 0 saturated carbocycles. The number of benzene rings is 2. The number of nitrogens with one attached hydrogen (secondary N) is 1. The van der Waals surface area contributed by atoms with Crippen molar-refractivity contribution in [2.24, 2.45) is 0 Å². The summed E-state index contributed by atoms with van der Waals surface area (Å²) in [4.78, 5) is 1.31. The van der Waals surface area contributed by atoms with Crippen molar-refractivity contribution in [1.82, 2.24) is 0 Å². The smallest absolute Gasteiger partial charge is 0.0340 e. The maximum absolute atomic E-state index is 3.46. The Bertz CT molecular complexity index is 450. The van der Waals surface area contributed by atoms with Gasteiger partial charge in [-0.2, -0.15) is 0 Å². The molecule has 0 bridgehead atoms. The molecule has 1 N–H and O–H groups in total. The maximum Gasteiger partial charge on any atom is 0.0340 e. The summed E-state index contributed by atoms with van der Waals surface area (Å²) < 4.78 is 0. The Morgan fingerprint density at radius 1 is 0.944 bits per heavy atom. The second-order valence-corrected chi connectivity index (χ2v) is 5.12. The number of thioether (sulfide) groups is 1. The molecule has 2 heteroatoms. The van der Waals surface area contributed by atoms with E-state index in [0.717, 1.165) is 19.4 Å². The summed E-state index contributed by atoms with van der Waals surface area (Å²) in [6, 6.07) is 19.3. The maximum atomic E-state index is 3.46. The van der Waals surface area contributed by atoms with Crippen LogP contribution in [0, 0.1) is 0 Å². The molecule has 0 unspecified atom stereocenters. The van der Waals surface area contributed by atoms with Crippen molar-refractivity contribution in [1.29, 1.82) is 0 Å². The van der Waals surface area contributed by atoms with E-state index in [0.29, 0.717) is 0 Å². The first kappa shape index (κ1) is 13.0. The van der Waals surface area contributed by atoms with Gasteiger partial charge in [-0.25, -0.2) is 0 Å². The van der Waals surface area contributed by atoms with Gasteiger partial charge < -0.3 is 5.32 Å². The summed E-state index contributed by atoms with van der Waals surface area (Å²) in [6.07, 6.45) is 4.40. The minimum Gasteiger partial charge on any atom is -0.385 e. The molecule has 94 valence electrons. The first-order valence-corrected chi connectivity index (χ1v) is 7.53. The van der Waals surface area contributed by atoms with Crippen molar-refractivity contribution >= 4 is 17.4 Å². The number of rotatable bonds is 6. The highest BCUT2D eigenvalue weighted by atomic mass is 32.2. The Morgan fingerprint density at radius 2 is 1.67 bits per heavy atom. The molecular weight excluding hydrogens is 238 g/mol. The first-order chi connectivity index (χ1) is 8.88. The van der Waals surface area contributed by atoms with Gasteiger partial charge in [0.1, 0.15) is 0 Å². The fourth-order valence-electron chi connectivity index (χ4n) is 1.88. The molecule has 0 aliphatic rings. The number of hydrogen-bond acceptors (Lipinski definition) is 2. The lowest BCUT2D eigenvalue weighted by Gasteiger charge is -2.07. The summed E-state index contributed by atoms with van der Waals surface area (Å²) >= 11 is 1.78. The molecule has 0 fully saturated rings. The number of anilines is 1. The van der Waals surface area contributed by atoms with Crippen molar-refractivity contribution < 1.29 is 0 Å². The molecule has 0 saturated heterocycles. The van der Waals surface area contributed by atoms with E-state index >= 15 is 0 Å². The van der Waals surface area contributed by atoms with Crippen LogP contribution in [0.1, 0.15) is 12.0 Å². The van der Waals surface area contributed by atoms with Crippen LogP contribution in [0.25, 0.3) is 0 Å². The summed E-state index contributed by atoms with van der Waals surface area (Å²) in [5, 5.41) is 3.46. The van der Waals surface area contributed by atoms with Crippen LogP contribution in [0.5, 0.6) is 0 Å². The average molecular weight is 257 g/mol. The lowest BCUT2D eigenvalue weighted by atomic mass is 10.1. The molecule has 0 amide bonds. The van der Waals surface area contributed by atoms with Gasteiger partial charge in [-0.05, 0) is 48.9 Å². The highest BCUT2D eigenvalue weighted by Gasteiger charge is 1.94. The van der Waals surface area contributed by atoms with E-state index < -0.39 is 0 Å². The van der Waals surface area contributed by atoms with Crippen LogP contribution in [-0.2, 0) is 6.42 Å². The molecule has 0 radical (unpaired) electrons. The minimum atomic E-state index is 1.02. The second kappa shape index (κ2) is 7.12. The van der Waals surface area contributed by atoms with Crippen molar-refractivity contribution in [2.75, 3.05) is 18.1 Å². The van der Waals surface area contributed by atoms with Crippen LogP contribution >= 0.6 is 11.8 Å². The van der Waals surface area contributed by atoms with Crippen LogP contribution in [0.15, 0.2) is 59.5 Å². The van der Waals surface area contributed by atoms with Gasteiger partial charge in [-0.3, -0.25) is 0 Å². The van der Waals surface area contributed by atoms with Crippen LogP contribution in [0.3, 0.4) is 0 Å². The van der Waals surface area contributed by atoms with E-state index in [1.165, 1.54) is 16.1 Å². The van der Waals surface area contributed by atoms with Crippen LogP contribution in [0.4, 0.5) is 5.69 Å². The molecule has 2 rings (SSSR count). The zero-order valence-electron chi connectivity index (χ0n) is 10.7. The first-order valence-electron chi connectivity index (χ1n) is 6.30. The van der Waals surface area contributed by atoms with Gasteiger partial charge in [-0.1, -0.05) is 30.3 Å². The zero-order valence-corrected chi connectivity index (χ0v) is 11.5. The van der Waals surface area contributed by atoms with E-state index in [1.807, 2.05) is 0 Å². The Labute approximate surface area is 114 Å². The normalized spacial score (nSPS) is 10.3. The Kier molecular flexibility index (Phi) is 5.15. The average Bonchev–Trinajstić information content (AvgIpc) is 2.45. The summed E-state index contributed by atoms with van der Waals surface area (Å²) in [7, 11) is 0. The molecule has 0 aliphatic carbocycles. The summed E-state index contributed by atoms with van der Waals surface area (Å²) in [5.41, 5.74) is 2.62. The molecule has 2 aromatic carbocycles.